The Morgan fingerprint density at radius 3 is 2.50 bits per heavy atom. The van der Waals surface area contributed by atoms with E-state index in [2.05, 4.69) is 4.72 Å². The molecule has 0 aromatic rings. The molecule has 0 aliphatic heterocycles. The lowest BCUT2D eigenvalue weighted by Gasteiger charge is -2.28. The second kappa shape index (κ2) is 6.49. The van der Waals surface area contributed by atoms with Gasteiger partial charge in [-0.25, -0.2) is 13.1 Å². The van der Waals surface area contributed by atoms with Gasteiger partial charge in [0.1, 0.15) is 0 Å². The molecule has 0 unspecified atom stereocenters. The van der Waals surface area contributed by atoms with Gasteiger partial charge in [-0.2, -0.15) is 0 Å². The van der Waals surface area contributed by atoms with E-state index in [1.165, 1.54) is 0 Å². The zero-order chi connectivity index (χ0) is 13.6. The highest BCUT2D eigenvalue weighted by atomic mass is 32.2. The van der Waals surface area contributed by atoms with Crippen LogP contribution in [0.1, 0.15) is 39.0 Å². The van der Waals surface area contributed by atoms with E-state index in [4.69, 9.17) is 10.5 Å². The third kappa shape index (κ3) is 4.55. The molecule has 0 heterocycles. The molecule has 1 saturated carbocycles. The molecule has 0 atom stereocenters. The molecule has 0 bridgehead atoms. The van der Waals surface area contributed by atoms with E-state index in [1.807, 2.05) is 0 Å². The number of nitrogens with one attached hydrogen (secondary N) is 1. The van der Waals surface area contributed by atoms with E-state index in [9.17, 15) is 13.2 Å². The molecule has 7 heteroatoms. The van der Waals surface area contributed by atoms with E-state index in [0.29, 0.717) is 6.54 Å². The molecule has 0 spiro atoms. The third-order valence-corrected chi connectivity index (χ3v) is 4.69. The number of rotatable bonds is 7. The van der Waals surface area contributed by atoms with Gasteiger partial charge in [-0.05, 0) is 19.8 Å². The van der Waals surface area contributed by atoms with Crippen LogP contribution in [0.3, 0.4) is 0 Å². The Labute approximate surface area is 108 Å². The topological polar surface area (TPSA) is 98.5 Å². The molecule has 0 aromatic carbocycles. The lowest BCUT2D eigenvalue weighted by atomic mass is 10.0. The van der Waals surface area contributed by atoms with Gasteiger partial charge in [-0.1, -0.05) is 12.8 Å². The predicted molar refractivity (Wildman–Crippen MR) is 68.4 cm³/mol. The molecule has 106 valence electrons. The van der Waals surface area contributed by atoms with Crippen molar-refractivity contribution in [3.05, 3.63) is 0 Å². The minimum Gasteiger partial charge on any atom is -0.466 e. The number of nitrogens with two attached hydrogens (primary N) is 1. The third-order valence-electron chi connectivity index (χ3n) is 3.20. The van der Waals surface area contributed by atoms with Crippen LogP contribution in [-0.4, -0.2) is 38.8 Å². The first-order valence-electron chi connectivity index (χ1n) is 6.30. The van der Waals surface area contributed by atoms with Crippen LogP contribution in [0.5, 0.6) is 0 Å². The van der Waals surface area contributed by atoms with Crippen molar-refractivity contribution < 1.29 is 17.9 Å². The highest BCUT2D eigenvalue weighted by Gasteiger charge is 2.36. The number of sulfonamides is 1. The summed E-state index contributed by atoms with van der Waals surface area (Å²) in [4.78, 5) is 11.1. The predicted octanol–water partition coefficient (Wildman–Crippen LogP) is 0.131. The van der Waals surface area contributed by atoms with Gasteiger partial charge in [-0.3, -0.25) is 4.79 Å². The second-order valence-electron chi connectivity index (χ2n) is 4.67. The van der Waals surface area contributed by atoms with Gasteiger partial charge >= 0.3 is 5.97 Å². The zero-order valence-corrected chi connectivity index (χ0v) is 11.6. The molecule has 0 aromatic heterocycles. The van der Waals surface area contributed by atoms with Gasteiger partial charge in [-0.15, -0.1) is 0 Å². The second-order valence-corrected chi connectivity index (χ2v) is 6.51. The normalized spacial score (nSPS) is 18.8. The summed E-state index contributed by atoms with van der Waals surface area (Å²) in [6, 6.07) is 0. The molecule has 3 N–H and O–H groups in total. The summed E-state index contributed by atoms with van der Waals surface area (Å²) >= 11 is 0. The Hall–Kier alpha value is -0.660. The average Bonchev–Trinajstić information content (AvgIpc) is 2.76. The molecule has 6 nitrogen and oxygen atoms in total. The Balaban J connectivity index is 2.51. The first kappa shape index (κ1) is 15.4. The maximum atomic E-state index is 11.9. The molecule has 0 radical (unpaired) electrons. The van der Waals surface area contributed by atoms with Gasteiger partial charge < -0.3 is 10.5 Å². The molecular weight excluding hydrogens is 256 g/mol. The van der Waals surface area contributed by atoms with Crippen molar-refractivity contribution in [1.82, 2.24) is 4.72 Å². The molecule has 1 fully saturated rings. The van der Waals surface area contributed by atoms with Crippen LogP contribution in [0.4, 0.5) is 0 Å². The Morgan fingerprint density at radius 1 is 1.39 bits per heavy atom. The van der Waals surface area contributed by atoms with Crippen LogP contribution in [0.25, 0.3) is 0 Å². The van der Waals surface area contributed by atoms with Crippen LogP contribution >= 0.6 is 0 Å². The maximum absolute atomic E-state index is 11.9. The molecule has 0 amide bonds. The summed E-state index contributed by atoms with van der Waals surface area (Å²) in [7, 11) is -3.48. The smallest absolute Gasteiger partial charge is 0.306 e. The summed E-state index contributed by atoms with van der Waals surface area (Å²) in [5, 5.41) is 0. The fraction of sp³-hybridized carbons (Fsp3) is 0.909. The van der Waals surface area contributed by atoms with Crippen LogP contribution in [0, 0.1) is 0 Å². The van der Waals surface area contributed by atoms with E-state index in [0.717, 1.165) is 25.7 Å². The van der Waals surface area contributed by atoms with Crippen molar-refractivity contribution >= 4 is 16.0 Å². The molecule has 1 aliphatic rings. The Morgan fingerprint density at radius 2 is 2.00 bits per heavy atom. The largest absolute Gasteiger partial charge is 0.466 e. The van der Waals surface area contributed by atoms with Crippen molar-refractivity contribution in [2.75, 3.05) is 18.9 Å². The fourth-order valence-electron chi connectivity index (χ4n) is 2.23. The first-order chi connectivity index (χ1) is 8.43. The summed E-state index contributed by atoms with van der Waals surface area (Å²) in [6.07, 6.45) is 3.38. The van der Waals surface area contributed by atoms with E-state index >= 15 is 0 Å². The van der Waals surface area contributed by atoms with Crippen molar-refractivity contribution in [1.29, 1.82) is 0 Å². The van der Waals surface area contributed by atoms with Gasteiger partial charge in [0.25, 0.3) is 0 Å². The molecule has 1 rings (SSSR count). The Kier molecular flexibility index (Phi) is 5.55. The number of hydrogen-bond acceptors (Lipinski definition) is 5. The lowest BCUT2D eigenvalue weighted by Crippen LogP contribution is -2.52. The summed E-state index contributed by atoms with van der Waals surface area (Å²) in [6.45, 7) is 2.25. The standard InChI is InChI=1S/C11H22N2O4S/c1-2-17-10(14)5-8-18(15,16)13-11(9-12)6-3-4-7-11/h13H,2-9,12H2,1H3. The quantitative estimate of drug-likeness (QED) is 0.645. The average molecular weight is 278 g/mol. The van der Waals surface area contributed by atoms with Gasteiger partial charge in [0.2, 0.25) is 10.0 Å². The summed E-state index contributed by atoms with van der Waals surface area (Å²) in [5.74, 6) is -0.732. The lowest BCUT2D eigenvalue weighted by molar-refractivity contribution is -0.142. The minimum atomic E-state index is -3.48. The summed E-state index contributed by atoms with van der Waals surface area (Å²) < 4.78 is 31.1. The Bertz CT molecular complexity index is 375. The van der Waals surface area contributed by atoms with Crippen molar-refractivity contribution in [2.45, 2.75) is 44.6 Å². The SMILES string of the molecule is CCOC(=O)CCS(=O)(=O)NC1(CN)CCCC1. The minimum absolute atomic E-state index is 0.121. The molecule has 1 aliphatic carbocycles. The summed E-state index contributed by atoms with van der Waals surface area (Å²) in [5.41, 5.74) is 5.15. The van der Waals surface area contributed by atoms with E-state index < -0.39 is 21.5 Å². The number of ether oxygens (including phenoxy) is 1. The number of esters is 1. The van der Waals surface area contributed by atoms with Crippen molar-refractivity contribution in [3.8, 4) is 0 Å². The fourth-order valence-corrected chi connectivity index (χ4v) is 3.72. The number of carbonyl (C=O) groups excluding carboxylic acids is 1. The molecular formula is C11H22N2O4S. The molecule has 0 saturated heterocycles. The first-order valence-corrected chi connectivity index (χ1v) is 7.95. The maximum Gasteiger partial charge on any atom is 0.306 e. The van der Waals surface area contributed by atoms with Crippen LogP contribution in [-0.2, 0) is 19.6 Å². The number of carbonyl (C=O) groups is 1. The van der Waals surface area contributed by atoms with Gasteiger partial charge in [0.15, 0.2) is 0 Å². The van der Waals surface area contributed by atoms with Crippen molar-refractivity contribution in [3.63, 3.8) is 0 Å². The van der Waals surface area contributed by atoms with Crippen molar-refractivity contribution in [2.24, 2.45) is 5.73 Å². The van der Waals surface area contributed by atoms with E-state index in [1.54, 1.807) is 6.92 Å². The van der Waals surface area contributed by atoms with Crippen LogP contribution in [0.15, 0.2) is 0 Å². The van der Waals surface area contributed by atoms with Gasteiger partial charge in [0, 0.05) is 12.1 Å². The highest BCUT2D eigenvalue weighted by molar-refractivity contribution is 7.89. The highest BCUT2D eigenvalue weighted by Crippen LogP contribution is 2.29. The van der Waals surface area contributed by atoms with Crippen LogP contribution in [0.2, 0.25) is 0 Å². The number of hydrogen-bond donors (Lipinski definition) is 2. The van der Waals surface area contributed by atoms with Gasteiger partial charge in [0.05, 0.1) is 18.8 Å². The zero-order valence-electron chi connectivity index (χ0n) is 10.8. The monoisotopic (exact) mass is 278 g/mol. The van der Waals surface area contributed by atoms with Crippen LogP contribution < -0.4 is 10.5 Å². The van der Waals surface area contributed by atoms with E-state index in [-0.39, 0.29) is 18.8 Å². The molecule has 18 heavy (non-hydrogen) atoms.